The number of hydrogen-bond acceptors (Lipinski definition) is 2. The third kappa shape index (κ3) is 1.88. The number of aromatic nitrogens is 2. The zero-order valence-corrected chi connectivity index (χ0v) is 12.1. The zero-order chi connectivity index (χ0) is 13.7. The lowest BCUT2D eigenvalue weighted by Gasteiger charge is -2.17. The average molecular weight is 267 g/mol. The minimum absolute atomic E-state index is 0.576. The van der Waals surface area contributed by atoms with Gasteiger partial charge in [-0.05, 0) is 33.1 Å². The predicted molar refractivity (Wildman–Crippen MR) is 80.8 cm³/mol. The molecule has 3 atom stereocenters. The summed E-state index contributed by atoms with van der Waals surface area (Å²) in [5, 5.41) is 3.69. The molecular formula is C17H21N3. The molecule has 3 unspecified atom stereocenters. The molecule has 0 amide bonds. The summed E-state index contributed by atoms with van der Waals surface area (Å²) in [5.74, 6) is 1.75. The highest BCUT2D eigenvalue weighted by Gasteiger charge is 2.41. The molecule has 0 aliphatic carbocycles. The molecule has 3 heterocycles. The lowest BCUT2D eigenvalue weighted by Crippen LogP contribution is -2.22. The first kappa shape index (κ1) is 12.2. The van der Waals surface area contributed by atoms with E-state index in [0.717, 1.165) is 11.7 Å². The quantitative estimate of drug-likeness (QED) is 0.876. The van der Waals surface area contributed by atoms with Gasteiger partial charge in [-0.15, -0.1) is 0 Å². The Balaban J connectivity index is 1.67. The Morgan fingerprint density at radius 2 is 1.90 bits per heavy atom. The molecule has 2 N–H and O–H groups in total. The largest absolute Gasteiger partial charge is 0.345 e. The highest BCUT2D eigenvalue weighted by Crippen LogP contribution is 2.39. The monoisotopic (exact) mass is 267 g/mol. The van der Waals surface area contributed by atoms with Crippen molar-refractivity contribution < 1.29 is 0 Å². The normalized spacial score (nSPS) is 28.2. The first-order valence-electron chi connectivity index (χ1n) is 7.60. The van der Waals surface area contributed by atoms with E-state index in [1.54, 1.807) is 0 Å². The van der Waals surface area contributed by atoms with Gasteiger partial charge in [-0.25, -0.2) is 4.98 Å². The van der Waals surface area contributed by atoms with E-state index in [9.17, 15) is 0 Å². The second-order valence-electron chi connectivity index (χ2n) is 6.35. The molecule has 1 aromatic heterocycles. The number of aryl methyl sites for hydroxylation is 2. The van der Waals surface area contributed by atoms with Crippen molar-refractivity contribution in [3.63, 3.8) is 0 Å². The molecule has 1 aromatic carbocycles. The molecule has 3 heteroatoms. The van der Waals surface area contributed by atoms with E-state index in [4.69, 9.17) is 4.98 Å². The third-order valence-corrected chi connectivity index (χ3v) is 4.88. The maximum Gasteiger partial charge on any atom is 0.111 e. The van der Waals surface area contributed by atoms with Crippen LogP contribution in [0.15, 0.2) is 24.3 Å². The fourth-order valence-electron chi connectivity index (χ4n) is 3.78. The summed E-state index contributed by atoms with van der Waals surface area (Å²) in [6, 6.07) is 10.0. The standard InChI is InChI=1S/C17H21N3/c1-10-3-5-12(6-4-10)16-11(2)18-17(20-16)14-9-13-7-8-15(14)19-13/h3-6,13-15,19H,7-9H2,1-2H3,(H,18,20). The van der Waals surface area contributed by atoms with Gasteiger partial charge in [0, 0.05) is 29.3 Å². The van der Waals surface area contributed by atoms with Gasteiger partial charge in [-0.3, -0.25) is 0 Å². The number of fused-ring (bicyclic) bond motifs is 2. The molecule has 4 rings (SSSR count). The Bertz CT molecular complexity index is 626. The smallest absolute Gasteiger partial charge is 0.111 e. The molecule has 3 nitrogen and oxygen atoms in total. The fourth-order valence-corrected chi connectivity index (χ4v) is 3.78. The van der Waals surface area contributed by atoms with Crippen molar-refractivity contribution in [1.82, 2.24) is 15.3 Å². The molecule has 0 saturated carbocycles. The molecule has 20 heavy (non-hydrogen) atoms. The van der Waals surface area contributed by atoms with E-state index < -0.39 is 0 Å². The van der Waals surface area contributed by atoms with Crippen LogP contribution in [0.1, 0.15) is 42.3 Å². The molecule has 0 radical (unpaired) electrons. The van der Waals surface area contributed by atoms with E-state index >= 15 is 0 Å². The summed E-state index contributed by atoms with van der Waals surface area (Å²) >= 11 is 0. The molecule has 2 aliphatic rings. The van der Waals surface area contributed by atoms with E-state index in [0.29, 0.717) is 12.0 Å². The highest BCUT2D eigenvalue weighted by atomic mass is 15.1. The summed E-state index contributed by atoms with van der Waals surface area (Å²) in [6.45, 7) is 4.25. The molecule has 0 spiro atoms. The van der Waals surface area contributed by atoms with Crippen molar-refractivity contribution >= 4 is 0 Å². The first-order valence-corrected chi connectivity index (χ1v) is 7.60. The summed E-state index contributed by atoms with van der Waals surface area (Å²) in [5.41, 5.74) is 4.81. The second-order valence-corrected chi connectivity index (χ2v) is 6.35. The van der Waals surface area contributed by atoms with E-state index in [1.165, 1.54) is 41.9 Å². The number of imidazole rings is 1. The molecule has 2 aromatic rings. The topological polar surface area (TPSA) is 40.7 Å². The van der Waals surface area contributed by atoms with Gasteiger partial charge in [0.05, 0.1) is 5.69 Å². The van der Waals surface area contributed by atoms with Crippen LogP contribution in [0.4, 0.5) is 0 Å². The number of nitrogens with one attached hydrogen (secondary N) is 2. The van der Waals surface area contributed by atoms with Crippen molar-refractivity contribution in [2.45, 2.75) is 51.1 Å². The van der Waals surface area contributed by atoms with Crippen LogP contribution in [0, 0.1) is 13.8 Å². The van der Waals surface area contributed by atoms with Crippen LogP contribution in [-0.2, 0) is 0 Å². The van der Waals surface area contributed by atoms with Gasteiger partial charge in [0.15, 0.2) is 0 Å². The van der Waals surface area contributed by atoms with Gasteiger partial charge in [0.2, 0.25) is 0 Å². The second kappa shape index (κ2) is 4.45. The number of H-pyrrole nitrogens is 1. The van der Waals surface area contributed by atoms with Crippen molar-refractivity contribution in [2.24, 2.45) is 0 Å². The Morgan fingerprint density at radius 1 is 1.10 bits per heavy atom. The van der Waals surface area contributed by atoms with Crippen molar-refractivity contribution in [3.8, 4) is 11.3 Å². The van der Waals surface area contributed by atoms with Crippen LogP contribution in [0.25, 0.3) is 11.3 Å². The number of rotatable bonds is 2. The summed E-state index contributed by atoms with van der Waals surface area (Å²) < 4.78 is 0. The maximum absolute atomic E-state index is 4.91. The summed E-state index contributed by atoms with van der Waals surface area (Å²) in [6.07, 6.45) is 3.88. The van der Waals surface area contributed by atoms with Crippen LogP contribution in [0.3, 0.4) is 0 Å². The number of nitrogens with zero attached hydrogens (tertiary/aromatic N) is 1. The average Bonchev–Trinajstić information content (AvgIpc) is 3.14. The van der Waals surface area contributed by atoms with E-state index in [1.807, 2.05) is 0 Å². The summed E-state index contributed by atoms with van der Waals surface area (Å²) in [7, 11) is 0. The van der Waals surface area contributed by atoms with E-state index in [2.05, 4.69) is 48.4 Å². The lowest BCUT2D eigenvalue weighted by molar-refractivity contribution is 0.489. The van der Waals surface area contributed by atoms with Gasteiger partial charge in [-0.1, -0.05) is 29.8 Å². The van der Waals surface area contributed by atoms with Crippen LogP contribution >= 0.6 is 0 Å². The van der Waals surface area contributed by atoms with Crippen LogP contribution < -0.4 is 5.32 Å². The summed E-state index contributed by atoms with van der Waals surface area (Å²) in [4.78, 5) is 8.45. The van der Waals surface area contributed by atoms with Gasteiger partial charge in [-0.2, -0.15) is 0 Å². The predicted octanol–water partition coefficient (Wildman–Crippen LogP) is 3.30. The lowest BCUT2D eigenvalue weighted by atomic mass is 9.89. The van der Waals surface area contributed by atoms with Crippen molar-refractivity contribution in [1.29, 1.82) is 0 Å². The van der Waals surface area contributed by atoms with E-state index in [-0.39, 0.29) is 0 Å². The third-order valence-electron chi connectivity index (χ3n) is 4.88. The van der Waals surface area contributed by atoms with Gasteiger partial charge in [0.25, 0.3) is 0 Å². The van der Waals surface area contributed by atoms with Crippen LogP contribution in [0.5, 0.6) is 0 Å². The molecule has 2 bridgehead atoms. The van der Waals surface area contributed by atoms with Gasteiger partial charge in [0.1, 0.15) is 5.82 Å². The molecule has 2 saturated heterocycles. The Hall–Kier alpha value is -1.61. The molecular weight excluding hydrogens is 246 g/mol. The Kier molecular flexibility index (Phi) is 2.71. The van der Waals surface area contributed by atoms with Gasteiger partial charge >= 0.3 is 0 Å². The van der Waals surface area contributed by atoms with Gasteiger partial charge < -0.3 is 10.3 Å². The van der Waals surface area contributed by atoms with Crippen molar-refractivity contribution in [3.05, 3.63) is 41.3 Å². The number of benzene rings is 1. The molecule has 2 aliphatic heterocycles. The molecule has 2 fully saturated rings. The fraction of sp³-hybridized carbons (Fsp3) is 0.471. The zero-order valence-electron chi connectivity index (χ0n) is 12.1. The Labute approximate surface area is 119 Å². The SMILES string of the molecule is Cc1ccc(-c2nc(C3CC4CCC3N4)[nH]c2C)cc1. The number of aromatic amines is 1. The Morgan fingerprint density at radius 3 is 2.55 bits per heavy atom. The highest BCUT2D eigenvalue weighted by molar-refractivity contribution is 5.62. The van der Waals surface area contributed by atoms with Crippen LogP contribution in [0.2, 0.25) is 0 Å². The number of hydrogen-bond donors (Lipinski definition) is 2. The minimum atomic E-state index is 0.576. The minimum Gasteiger partial charge on any atom is -0.345 e. The molecule has 104 valence electrons. The maximum atomic E-state index is 4.91. The van der Waals surface area contributed by atoms with Crippen LogP contribution in [-0.4, -0.2) is 22.1 Å². The van der Waals surface area contributed by atoms with Crippen molar-refractivity contribution in [2.75, 3.05) is 0 Å². The first-order chi connectivity index (χ1) is 9.70.